The Hall–Kier alpha value is 0.960. The molecule has 0 aromatic heterocycles. The summed E-state index contributed by atoms with van der Waals surface area (Å²) < 4.78 is 0.555. The molecule has 2 atom stereocenters. The number of alkyl halides is 2. The van der Waals surface area contributed by atoms with Gasteiger partial charge in [0.25, 0.3) is 0 Å². The maximum atomic E-state index is 4.05. The largest absolute Gasteiger partial charge is 0.0928 e. The van der Waals surface area contributed by atoms with Gasteiger partial charge in [-0.1, -0.05) is 31.9 Å². The van der Waals surface area contributed by atoms with Crippen LogP contribution in [-0.2, 0) is 0 Å². The van der Waals surface area contributed by atoms with Crippen LogP contribution >= 0.6 is 31.9 Å². The number of hydrogen-bond acceptors (Lipinski definition) is 0. The van der Waals surface area contributed by atoms with Gasteiger partial charge in [0.2, 0.25) is 0 Å². The summed E-state index contributed by atoms with van der Waals surface area (Å²) in [5.41, 5.74) is 0.719. The highest BCUT2D eigenvalue weighted by molar-refractivity contribution is 9.10. The summed E-state index contributed by atoms with van der Waals surface area (Å²) in [6, 6.07) is 0. The van der Waals surface area contributed by atoms with Gasteiger partial charge in [-0.3, -0.25) is 0 Å². The van der Waals surface area contributed by atoms with Crippen molar-refractivity contribution in [2.45, 2.75) is 49.3 Å². The Morgan fingerprint density at radius 1 is 1.07 bits per heavy atom. The lowest BCUT2D eigenvalue weighted by atomic mass is 9.49. The first-order chi connectivity index (χ1) is 6.63. The molecule has 2 unspecified atom stereocenters. The molecule has 14 heavy (non-hydrogen) atoms. The maximum Gasteiger partial charge on any atom is 0.0268 e. The summed E-state index contributed by atoms with van der Waals surface area (Å²) in [5, 5.41) is 1.20. The zero-order chi connectivity index (χ0) is 9.81. The van der Waals surface area contributed by atoms with Crippen molar-refractivity contribution < 1.29 is 0 Å². The first-order valence-corrected chi connectivity index (χ1v) is 7.80. The highest BCUT2D eigenvalue weighted by atomic mass is 79.9. The molecule has 0 amide bonds. The Kier molecular flexibility index (Phi) is 2.34. The first-order valence-electron chi connectivity index (χ1n) is 5.88. The van der Waals surface area contributed by atoms with Crippen LogP contribution in [0.25, 0.3) is 0 Å². The normalized spacial score (nSPS) is 55.3. The van der Waals surface area contributed by atoms with E-state index in [-0.39, 0.29) is 0 Å². The van der Waals surface area contributed by atoms with Gasteiger partial charge in [-0.05, 0) is 62.2 Å². The molecule has 4 rings (SSSR count). The van der Waals surface area contributed by atoms with Crippen molar-refractivity contribution in [3.8, 4) is 0 Å². The van der Waals surface area contributed by atoms with E-state index in [1.54, 1.807) is 0 Å². The topological polar surface area (TPSA) is 0 Å². The van der Waals surface area contributed by atoms with Gasteiger partial charge in [0.05, 0.1) is 0 Å². The van der Waals surface area contributed by atoms with E-state index in [9.17, 15) is 0 Å². The Morgan fingerprint density at radius 3 is 2.21 bits per heavy atom. The summed E-state index contributed by atoms with van der Waals surface area (Å²) in [6.07, 6.45) is 10.4. The van der Waals surface area contributed by atoms with Gasteiger partial charge in [-0.25, -0.2) is 0 Å². The molecule has 4 aliphatic carbocycles. The molecule has 4 saturated carbocycles. The van der Waals surface area contributed by atoms with Gasteiger partial charge in [-0.15, -0.1) is 0 Å². The summed E-state index contributed by atoms with van der Waals surface area (Å²) >= 11 is 7.69. The average molecular weight is 322 g/mol. The SMILES string of the molecule is BrCCC12CC3CC(CC(Br)(C3)C1)C2. The van der Waals surface area contributed by atoms with E-state index in [2.05, 4.69) is 31.9 Å². The molecule has 2 heteroatoms. The molecular weight excluding hydrogens is 304 g/mol. The smallest absolute Gasteiger partial charge is 0.0268 e. The molecule has 80 valence electrons. The summed E-state index contributed by atoms with van der Waals surface area (Å²) in [5.74, 6) is 2.10. The second kappa shape index (κ2) is 3.23. The molecular formula is C12H18Br2. The van der Waals surface area contributed by atoms with Crippen LogP contribution in [0, 0.1) is 17.3 Å². The molecule has 0 saturated heterocycles. The molecule has 0 aromatic rings. The predicted molar refractivity (Wildman–Crippen MR) is 67.2 cm³/mol. The zero-order valence-corrected chi connectivity index (χ0v) is 11.7. The van der Waals surface area contributed by atoms with Crippen LogP contribution in [0.2, 0.25) is 0 Å². The predicted octanol–water partition coefficient (Wildman–Crippen LogP) is 4.51. The summed E-state index contributed by atoms with van der Waals surface area (Å²) in [4.78, 5) is 0. The van der Waals surface area contributed by atoms with Crippen LogP contribution in [0.15, 0.2) is 0 Å². The Bertz CT molecular complexity index is 235. The second-order valence-corrected chi connectivity index (χ2v) is 8.53. The van der Waals surface area contributed by atoms with Gasteiger partial charge in [-0.2, -0.15) is 0 Å². The minimum absolute atomic E-state index is 0.555. The van der Waals surface area contributed by atoms with E-state index < -0.39 is 0 Å². The third-order valence-electron chi connectivity index (χ3n) is 4.74. The third-order valence-corrected chi connectivity index (χ3v) is 6.06. The van der Waals surface area contributed by atoms with Crippen molar-refractivity contribution in [1.82, 2.24) is 0 Å². The molecule has 0 radical (unpaired) electrons. The van der Waals surface area contributed by atoms with Gasteiger partial charge in [0, 0.05) is 9.65 Å². The van der Waals surface area contributed by atoms with Crippen LogP contribution < -0.4 is 0 Å². The number of halogens is 2. The van der Waals surface area contributed by atoms with Crippen molar-refractivity contribution in [2.75, 3.05) is 5.33 Å². The zero-order valence-electron chi connectivity index (χ0n) is 8.57. The van der Waals surface area contributed by atoms with E-state index in [1.165, 1.54) is 50.3 Å². The highest BCUT2D eigenvalue weighted by Gasteiger charge is 2.56. The average Bonchev–Trinajstić information content (AvgIpc) is 1.97. The lowest BCUT2D eigenvalue weighted by Gasteiger charge is -2.60. The van der Waals surface area contributed by atoms with Gasteiger partial charge >= 0.3 is 0 Å². The van der Waals surface area contributed by atoms with Crippen LogP contribution in [0.5, 0.6) is 0 Å². The molecule has 4 aliphatic rings. The van der Waals surface area contributed by atoms with Crippen LogP contribution in [-0.4, -0.2) is 9.65 Å². The lowest BCUT2D eigenvalue weighted by Crippen LogP contribution is -2.52. The quantitative estimate of drug-likeness (QED) is 0.657. The van der Waals surface area contributed by atoms with Crippen LogP contribution in [0.3, 0.4) is 0 Å². The fourth-order valence-electron chi connectivity index (χ4n) is 4.83. The van der Waals surface area contributed by atoms with Crippen molar-refractivity contribution >= 4 is 31.9 Å². The van der Waals surface area contributed by atoms with Crippen LogP contribution in [0.4, 0.5) is 0 Å². The molecule has 0 nitrogen and oxygen atoms in total. The molecule has 0 spiro atoms. The van der Waals surface area contributed by atoms with E-state index in [0.29, 0.717) is 4.32 Å². The van der Waals surface area contributed by atoms with Gasteiger partial charge in [0.15, 0.2) is 0 Å². The molecule has 0 heterocycles. The van der Waals surface area contributed by atoms with Crippen molar-refractivity contribution in [2.24, 2.45) is 17.3 Å². The van der Waals surface area contributed by atoms with Gasteiger partial charge in [0.1, 0.15) is 0 Å². The van der Waals surface area contributed by atoms with E-state index in [0.717, 1.165) is 17.3 Å². The molecule has 0 aromatic carbocycles. The highest BCUT2D eigenvalue weighted by Crippen LogP contribution is 2.65. The van der Waals surface area contributed by atoms with Gasteiger partial charge < -0.3 is 0 Å². The fraction of sp³-hybridized carbons (Fsp3) is 1.00. The summed E-state index contributed by atoms with van der Waals surface area (Å²) in [7, 11) is 0. The maximum absolute atomic E-state index is 4.05. The number of rotatable bonds is 2. The molecule has 4 fully saturated rings. The standard InChI is InChI=1S/C12H18Br2/c13-2-1-11-4-9-3-10(5-11)7-12(14,6-9)8-11/h9-10H,1-8H2. The lowest BCUT2D eigenvalue weighted by molar-refractivity contribution is -0.0361. The minimum Gasteiger partial charge on any atom is -0.0928 e. The third kappa shape index (κ3) is 1.52. The fourth-order valence-corrected chi connectivity index (χ4v) is 7.18. The van der Waals surface area contributed by atoms with E-state index in [1.807, 2.05) is 0 Å². The van der Waals surface area contributed by atoms with Crippen LogP contribution in [0.1, 0.15) is 44.9 Å². The molecule has 0 aliphatic heterocycles. The Balaban J connectivity index is 1.89. The van der Waals surface area contributed by atoms with Crippen molar-refractivity contribution in [3.05, 3.63) is 0 Å². The monoisotopic (exact) mass is 320 g/mol. The van der Waals surface area contributed by atoms with E-state index in [4.69, 9.17) is 0 Å². The summed E-state index contributed by atoms with van der Waals surface area (Å²) in [6.45, 7) is 0. The Morgan fingerprint density at radius 2 is 1.71 bits per heavy atom. The minimum atomic E-state index is 0.555. The molecule has 4 bridgehead atoms. The first kappa shape index (κ1) is 10.1. The van der Waals surface area contributed by atoms with Crippen molar-refractivity contribution in [3.63, 3.8) is 0 Å². The molecule has 0 N–H and O–H groups in total. The van der Waals surface area contributed by atoms with E-state index >= 15 is 0 Å². The Labute approximate surface area is 103 Å². The number of hydrogen-bond donors (Lipinski definition) is 0. The van der Waals surface area contributed by atoms with Crippen molar-refractivity contribution in [1.29, 1.82) is 0 Å². The second-order valence-electron chi connectivity index (χ2n) is 6.05.